The van der Waals surface area contributed by atoms with E-state index in [4.69, 9.17) is 14.6 Å². The Labute approximate surface area is 199 Å². The third-order valence-electron chi connectivity index (χ3n) is 5.50. The minimum atomic E-state index is -0.546. The van der Waals surface area contributed by atoms with Gasteiger partial charge in [0.15, 0.2) is 11.3 Å². The minimum absolute atomic E-state index is 0.233. The molecular weight excluding hydrogens is 432 g/mol. The summed E-state index contributed by atoms with van der Waals surface area (Å²) in [6, 6.07) is 11.5. The molecule has 1 aromatic carbocycles. The van der Waals surface area contributed by atoms with Gasteiger partial charge in [0.05, 0.1) is 18.0 Å². The molecule has 0 saturated heterocycles. The van der Waals surface area contributed by atoms with Crippen LogP contribution in [-0.2, 0) is 9.47 Å². The first-order chi connectivity index (χ1) is 16.2. The van der Waals surface area contributed by atoms with Crippen molar-refractivity contribution < 1.29 is 19.1 Å². The molecule has 0 spiro atoms. The number of aromatic nitrogens is 3. The predicted molar refractivity (Wildman–Crippen MR) is 130 cm³/mol. The number of hydrogen-bond donors (Lipinski definition) is 0. The normalized spacial score (nSPS) is 14.1. The number of nitrogens with zero attached hydrogens (tertiary/aromatic N) is 4. The van der Waals surface area contributed by atoms with E-state index in [0.717, 1.165) is 27.9 Å². The molecule has 178 valence electrons. The standard InChI is InChI=1S/C26H30N4O4/c1-6-33-24(31)21-16-20(18-12-14-29(15-13-18)25(32)34-26(3,4)5)22-17(2)28-30(23(22)27-21)19-10-8-7-9-11-19/h7-12,16H,6,13-15H2,1-5H3. The van der Waals surface area contributed by atoms with E-state index < -0.39 is 11.6 Å². The van der Waals surface area contributed by atoms with Crippen LogP contribution in [0.2, 0.25) is 0 Å². The van der Waals surface area contributed by atoms with Crippen LogP contribution >= 0.6 is 0 Å². The number of benzene rings is 1. The lowest BCUT2D eigenvalue weighted by Crippen LogP contribution is -2.39. The highest BCUT2D eigenvalue weighted by Crippen LogP contribution is 2.33. The van der Waals surface area contributed by atoms with Gasteiger partial charge in [-0.05, 0) is 70.4 Å². The van der Waals surface area contributed by atoms with Crippen molar-refractivity contribution in [2.24, 2.45) is 0 Å². The molecule has 34 heavy (non-hydrogen) atoms. The molecule has 0 unspecified atom stereocenters. The largest absolute Gasteiger partial charge is 0.461 e. The van der Waals surface area contributed by atoms with Gasteiger partial charge in [-0.3, -0.25) is 0 Å². The van der Waals surface area contributed by atoms with Gasteiger partial charge in [0.2, 0.25) is 0 Å². The van der Waals surface area contributed by atoms with Gasteiger partial charge in [-0.2, -0.15) is 5.10 Å². The molecule has 0 saturated carbocycles. The van der Waals surface area contributed by atoms with Gasteiger partial charge in [0.1, 0.15) is 5.60 Å². The number of ether oxygens (including phenoxy) is 2. The Morgan fingerprint density at radius 2 is 1.88 bits per heavy atom. The molecular formula is C26H30N4O4. The molecule has 0 bridgehead atoms. The molecule has 3 aromatic rings. The summed E-state index contributed by atoms with van der Waals surface area (Å²) in [7, 11) is 0. The minimum Gasteiger partial charge on any atom is -0.461 e. The Kier molecular flexibility index (Phi) is 6.41. The summed E-state index contributed by atoms with van der Waals surface area (Å²) in [6.45, 7) is 10.5. The summed E-state index contributed by atoms with van der Waals surface area (Å²) >= 11 is 0. The summed E-state index contributed by atoms with van der Waals surface area (Å²) < 4.78 is 12.5. The van der Waals surface area contributed by atoms with Crippen LogP contribution in [0.4, 0.5) is 4.79 Å². The Balaban J connectivity index is 1.78. The average molecular weight is 463 g/mol. The summed E-state index contributed by atoms with van der Waals surface area (Å²) in [6.07, 6.45) is 2.30. The molecule has 1 amide bonds. The van der Waals surface area contributed by atoms with Crippen molar-refractivity contribution in [3.8, 4) is 5.69 Å². The van der Waals surface area contributed by atoms with Crippen molar-refractivity contribution in [2.45, 2.75) is 46.6 Å². The summed E-state index contributed by atoms with van der Waals surface area (Å²) in [4.78, 5) is 31.5. The van der Waals surface area contributed by atoms with E-state index in [2.05, 4.69) is 4.98 Å². The number of carbonyl (C=O) groups excluding carboxylic acids is 2. The molecule has 0 N–H and O–H groups in total. The highest BCUT2D eigenvalue weighted by atomic mass is 16.6. The smallest absolute Gasteiger partial charge is 0.410 e. The van der Waals surface area contributed by atoms with Crippen molar-refractivity contribution in [2.75, 3.05) is 19.7 Å². The molecule has 0 fully saturated rings. The maximum atomic E-state index is 12.6. The van der Waals surface area contributed by atoms with E-state index >= 15 is 0 Å². The molecule has 0 atom stereocenters. The van der Waals surface area contributed by atoms with E-state index in [1.165, 1.54) is 0 Å². The van der Waals surface area contributed by atoms with Crippen molar-refractivity contribution in [1.29, 1.82) is 0 Å². The SMILES string of the molecule is CCOC(=O)c1cc(C2=CCN(C(=O)OC(C)(C)C)CC2)c2c(C)nn(-c3ccccc3)c2n1. The fraction of sp³-hybridized carbons (Fsp3) is 0.385. The number of hydrogen-bond acceptors (Lipinski definition) is 6. The Morgan fingerprint density at radius 3 is 2.50 bits per heavy atom. The monoisotopic (exact) mass is 462 g/mol. The quantitative estimate of drug-likeness (QED) is 0.511. The van der Waals surface area contributed by atoms with E-state index in [9.17, 15) is 9.59 Å². The number of fused-ring (bicyclic) bond motifs is 1. The highest BCUT2D eigenvalue weighted by molar-refractivity contribution is 5.98. The number of amides is 1. The lowest BCUT2D eigenvalue weighted by Gasteiger charge is -2.29. The fourth-order valence-electron chi connectivity index (χ4n) is 4.01. The van der Waals surface area contributed by atoms with Gasteiger partial charge >= 0.3 is 12.1 Å². The van der Waals surface area contributed by atoms with Crippen LogP contribution in [0.1, 0.15) is 55.9 Å². The predicted octanol–water partition coefficient (Wildman–Crippen LogP) is 4.93. The molecule has 3 heterocycles. The maximum absolute atomic E-state index is 12.6. The molecule has 8 nitrogen and oxygen atoms in total. The number of carbonyl (C=O) groups is 2. The zero-order chi connectivity index (χ0) is 24.5. The van der Waals surface area contributed by atoms with Crippen LogP contribution in [0.5, 0.6) is 0 Å². The summed E-state index contributed by atoms with van der Waals surface area (Å²) in [5, 5.41) is 5.62. The van der Waals surface area contributed by atoms with E-state index in [1.807, 2.05) is 64.1 Å². The molecule has 0 radical (unpaired) electrons. The molecule has 1 aliphatic rings. The van der Waals surface area contributed by atoms with Crippen LogP contribution in [0.15, 0.2) is 42.5 Å². The number of aryl methyl sites for hydroxylation is 1. The van der Waals surface area contributed by atoms with E-state index in [-0.39, 0.29) is 18.4 Å². The third kappa shape index (κ3) is 4.81. The van der Waals surface area contributed by atoms with Crippen LogP contribution in [0.25, 0.3) is 22.3 Å². The molecule has 1 aliphatic heterocycles. The topological polar surface area (TPSA) is 86.5 Å². The lowest BCUT2D eigenvalue weighted by atomic mass is 9.96. The first-order valence-corrected chi connectivity index (χ1v) is 11.5. The van der Waals surface area contributed by atoms with Crippen LogP contribution < -0.4 is 0 Å². The van der Waals surface area contributed by atoms with Crippen LogP contribution in [0.3, 0.4) is 0 Å². The summed E-state index contributed by atoms with van der Waals surface area (Å²) in [5.41, 5.74) is 3.87. The molecule has 0 aliphatic carbocycles. The number of para-hydroxylation sites is 1. The highest BCUT2D eigenvalue weighted by Gasteiger charge is 2.26. The maximum Gasteiger partial charge on any atom is 0.410 e. The average Bonchev–Trinajstić information content (AvgIpc) is 3.15. The zero-order valence-electron chi connectivity index (χ0n) is 20.3. The van der Waals surface area contributed by atoms with E-state index in [0.29, 0.717) is 25.2 Å². The number of rotatable bonds is 4. The van der Waals surface area contributed by atoms with Crippen LogP contribution in [0, 0.1) is 6.92 Å². The second kappa shape index (κ2) is 9.29. The first-order valence-electron chi connectivity index (χ1n) is 11.5. The van der Waals surface area contributed by atoms with Crippen molar-refractivity contribution >= 4 is 28.7 Å². The van der Waals surface area contributed by atoms with Gasteiger partial charge in [0.25, 0.3) is 0 Å². The number of pyridine rings is 1. The zero-order valence-corrected chi connectivity index (χ0v) is 20.3. The molecule has 8 heteroatoms. The Bertz CT molecular complexity index is 1260. The Hall–Kier alpha value is -3.68. The van der Waals surface area contributed by atoms with Gasteiger partial charge in [0, 0.05) is 18.5 Å². The van der Waals surface area contributed by atoms with E-state index in [1.54, 1.807) is 22.6 Å². The summed E-state index contributed by atoms with van der Waals surface area (Å²) in [5.74, 6) is -0.476. The van der Waals surface area contributed by atoms with Gasteiger partial charge < -0.3 is 14.4 Å². The van der Waals surface area contributed by atoms with Crippen molar-refractivity contribution in [3.05, 3.63) is 59.4 Å². The van der Waals surface area contributed by atoms with Gasteiger partial charge in [-0.1, -0.05) is 24.3 Å². The molecule has 2 aromatic heterocycles. The Morgan fingerprint density at radius 1 is 1.15 bits per heavy atom. The van der Waals surface area contributed by atoms with Crippen molar-refractivity contribution in [1.82, 2.24) is 19.7 Å². The van der Waals surface area contributed by atoms with Gasteiger partial charge in [-0.15, -0.1) is 0 Å². The van der Waals surface area contributed by atoms with Gasteiger partial charge in [-0.25, -0.2) is 19.3 Å². The lowest BCUT2D eigenvalue weighted by molar-refractivity contribution is 0.0270. The first kappa shape index (κ1) is 23.5. The fourth-order valence-corrected chi connectivity index (χ4v) is 4.01. The number of esters is 1. The second-order valence-corrected chi connectivity index (χ2v) is 9.21. The third-order valence-corrected chi connectivity index (χ3v) is 5.50. The van der Waals surface area contributed by atoms with Crippen molar-refractivity contribution in [3.63, 3.8) is 0 Å². The van der Waals surface area contributed by atoms with Crippen LogP contribution in [-0.4, -0.2) is 57.0 Å². The molecule has 4 rings (SSSR count). The second-order valence-electron chi connectivity index (χ2n) is 9.21.